The second-order valence-electron chi connectivity index (χ2n) is 2.95. The van der Waals surface area contributed by atoms with Crippen LogP contribution in [0.15, 0.2) is 17.0 Å². The van der Waals surface area contributed by atoms with Crippen molar-refractivity contribution < 1.29 is 4.42 Å². The molecule has 1 aromatic heterocycles. The topological polar surface area (TPSA) is 38.1 Å². The first-order valence-electron chi connectivity index (χ1n) is 4.06. The first kappa shape index (κ1) is 6.85. The fourth-order valence-corrected chi connectivity index (χ4v) is 1.52. The van der Waals surface area contributed by atoms with Crippen LogP contribution in [0.4, 0.5) is 0 Å². The van der Waals surface area contributed by atoms with Gasteiger partial charge in [0.2, 0.25) is 0 Å². The molecule has 60 valence electrons. The predicted molar refractivity (Wildman–Crippen MR) is 41.3 cm³/mol. The molecule has 1 aliphatic heterocycles. The number of piperidine rings is 1. The van der Waals surface area contributed by atoms with Gasteiger partial charge in [0.05, 0.1) is 6.20 Å². The lowest BCUT2D eigenvalue weighted by Crippen LogP contribution is -2.28. The van der Waals surface area contributed by atoms with Gasteiger partial charge in [-0.2, -0.15) is 0 Å². The summed E-state index contributed by atoms with van der Waals surface area (Å²) in [5, 5.41) is 3.34. The summed E-state index contributed by atoms with van der Waals surface area (Å²) < 4.78 is 5.22. The van der Waals surface area contributed by atoms with Crippen molar-refractivity contribution in [3.05, 3.63) is 18.4 Å². The Morgan fingerprint density at radius 3 is 3.27 bits per heavy atom. The standard InChI is InChI=1S/C8H12N2O/c1-2-7(4-9-3-1)8-5-10-6-11-8/h5-7,9H,1-4H2. The minimum Gasteiger partial charge on any atom is -0.448 e. The van der Waals surface area contributed by atoms with Gasteiger partial charge >= 0.3 is 0 Å². The van der Waals surface area contributed by atoms with Crippen LogP contribution >= 0.6 is 0 Å². The van der Waals surface area contributed by atoms with Crippen LogP contribution in [0.3, 0.4) is 0 Å². The maximum atomic E-state index is 5.22. The number of nitrogens with zero attached hydrogens (tertiary/aromatic N) is 1. The SMILES string of the molecule is c1ncc(C2CCCNC2)o1. The summed E-state index contributed by atoms with van der Waals surface area (Å²) in [7, 11) is 0. The van der Waals surface area contributed by atoms with Crippen LogP contribution < -0.4 is 5.32 Å². The second-order valence-corrected chi connectivity index (χ2v) is 2.95. The summed E-state index contributed by atoms with van der Waals surface area (Å²) in [5.74, 6) is 1.57. The summed E-state index contributed by atoms with van der Waals surface area (Å²) in [6.45, 7) is 2.18. The zero-order valence-corrected chi connectivity index (χ0v) is 6.42. The maximum Gasteiger partial charge on any atom is 0.180 e. The molecule has 0 radical (unpaired) electrons. The molecule has 1 aliphatic rings. The molecule has 1 saturated heterocycles. The fraction of sp³-hybridized carbons (Fsp3) is 0.625. The van der Waals surface area contributed by atoms with Crippen LogP contribution in [0, 0.1) is 0 Å². The molecule has 1 unspecified atom stereocenters. The zero-order chi connectivity index (χ0) is 7.52. The molecular weight excluding hydrogens is 140 g/mol. The minimum absolute atomic E-state index is 0.547. The first-order chi connectivity index (χ1) is 5.47. The van der Waals surface area contributed by atoms with E-state index in [0.29, 0.717) is 5.92 Å². The van der Waals surface area contributed by atoms with Crippen molar-refractivity contribution >= 4 is 0 Å². The van der Waals surface area contributed by atoms with Gasteiger partial charge in [0.15, 0.2) is 6.39 Å². The van der Waals surface area contributed by atoms with E-state index in [2.05, 4.69) is 10.3 Å². The van der Waals surface area contributed by atoms with Crippen molar-refractivity contribution in [3.8, 4) is 0 Å². The minimum atomic E-state index is 0.547. The van der Waals surface area contributed by atoms with Gasteiger partial charge < -0.3 is 9.73 Å². The van der Waals surface area contributed by atoms with E-state index < -0.39 is 0 Å². The highest BCUT2D eigenvalue weighted by molar-refractivity contribution is 5.00. The fourth-order valence-electron chi connectivity index (χ4n) is 1.52. The van der Waals surface area contributed by atoms with Crippen LogP contribution in [0.5, 0.6) is 0 Å². The third-order valence-corrected chi connectivity index (χ3v) is 2.15. The number of rotatable bonds is 1. The van der Waals surface area contributed by atoms with Crippen LogP contribution in [0.25, 0.3) is 0 Å². The van der Waals surface area contributed by atoms with E-state index in [1.54, 1.807) is 0 Å². The molecule has 0 saturated carbocycles. The number of hydrogen-bond acceptors (Lipinski definition) is 3. The lowest BCUT2D eigenvalue weighted by Gasteiger charge is -2.19. The summed E-state index contributed by atoms with van der Waals surface area (Å²) in [4.78, 5) is 3.90. The lowest BCUT2D eigenvalue weighted by molar-refractivity contribution is 0.387. The van der Waals surface area contributed by atoms with E-state index in [1.807, 2.05) is 6.20 Å². The predicted octanol–water partition coefficient (Wildman–Crippen LogP) is 1.14. The number of oxazole rings is 1. The quantitative estimate of drug-likeness (QED) is 0.655. The molecule has 1 atom stereocenters. The molecule has 11 heavy (non-hydrogen) atoms. The molecule has 2 rings (SSSR count). The first-order valence-corrected chi connectivity index (χ1v) is 4.06. The number of aromatic nitrogens is 1. The molecule has 1 fully saturated rings. The van der Waals surface area contributed by atoms with Gasteiger partial charge in [-0.25, -0.2) is 4.98 Å². The molecular formula is C8H12N2O. The lowest BCUT2D eigenvalue weighted by atomic mass is 9.98. The molecule has 0 amide bonds. The normalized spacial score (nSPS) is 25.3. The Hall–Kier alpha value is -0.830. The monoisotopic (exact) mass is 152 g/mol. The number of nitrogens with one attached hydrogen (secondary N) is 1. The second kappa shape index (κ2) is 3.05. The van der Waals surface area contributed by atoms with Crippen LogP contribution in [-0.4, -0.2) is 18.1 Å². The van der Waals surface area contributed by atoms with Gasteiger partial charge in [0, 0.05) is 12.5 Å². The highest BCUT2D eigenvalue weighted by atomic mass is 16.3. The van der Waals surface area contributed by atoms with E-state index in [9.17, 15) is 0 Å². The van der Waals surface area contributed by atoms with Gasteiger partial charge in [-0.1, -0.05) is 0 Å². The summed E-state index contributed by atoms with van der Waals surface area (Å²) in [6, 6.07) is 0. The molecule has 0 spiro atoms. The summed E-state index contributed by atoms with van der Waals surface area (Å²) >= 11 is 0. The highest BCUT2D eigenvalue weighted by Gasteiger charge is 2.17. The zero-order valence-electron chi connectivity index (χ0n) is 6.42. The van der Waals surface area contributed by atoms with Crippen molar-refractivity contribution in [2.75, 3.05) is 13.1 Å². The smallest absolute Gasteiger partial charge is 0.180 e. The molecule has 0 bridgehead atoms. The van der Waals surface area contributed by atoms with E-state index >= 15 is 0 Å². The van der Waals surface area contributed by atoms with Gasteiger partial charge in [-0.15, -0.1) is 0 Å². The van der Waals surface area contributed by atoms with Gasteiger partial charge in [0.1, 0.15) is 5.76 Å². The maximum absolute atomic E-state index is 5.22. The van der Waals surface area contributed by atoms with E-state index in [4.69, 9.17) is 4.42 Å². The molecule has 1 aromatic rings. The largest absolute Gasteiger partial charge is 0.448 e. The Labute approximate surface area is 65.8 Å². The van der Waals surface area contributed by atoms with Gasteiger partial charge in [0.25, 0.3) is 0 Å². The molecule has 3 nitrogen and oxygen atoms in total. The average molecular weight is 152 g/mol. The van der Waals surface area contributed by atoms with E-state index in [1.165, 1.54) is 19.2 Å². The van der Waals surface area contributed by atoms with Crippen molar-refractivity contribution in [1.29, 1.82) is 0 Å². The Morgan fingerprint density at radius 1 is 1.64 bits per heavy atom. The van der Waals surface area contributed by atoms with E-state index in [0.717, 1.165) is 18.8 Å². The summed E-state index contributed by atoms with van der Waals surface area (Å²) in [6.07, 6.45) is 5.79. The van der Waals surface area contributed by atoms with Crippen molar-refractivity contribution in [2.45, 2.75) is 18.8 Å². The third-order valence-electron chi connectivity index (χ3n) is 2.15. The average Bonchev–Trinajstić information content (AvgIpc) is 2.58. The molecule has 0 aromatic carbocycles. The van der Waals surface area contributed by atoms with Crippen LogP contribution in [0.1, 0.15) is 24.5 Å². The van der Waals surface area contributed by atoms with Crippen molar-refractivity contribution in [2.24, 2.45) is 0 Å². The van der Waals surface area contributed by atoms with Gasteiger partial charge in [-0.05, 0) is 19.4 Å². The van der Waals surface area contributed by atoms with Gasteiger partial charge in [-0.3, -0.25) is 0 Å². The molecule has 3 heteroatoms. The Morgan fingerprint density at radius 2 is 2.64 bits per heavy atom. The van der Waals surface area contributed by atoms with Crippen molar-refractivity contribution in [1.82, 2.24) is 10.3 Å². The van der Waals surface area contributed by atoms with Crippen LogP contribution in [-0.2, 0) is 0 Å². The Bertz CT molecular complexity index is 202. The number of hydrogen-bond donors (Lipinski definition) is 1. The summed E-state index contributed by atoms with van der Waals surface area (Å²) in [5.41, 5.74) is 0. The van der Waals surface area contributed by atoms with Crippen LogP contribution in [0.2, 0.25) is 0 Å². The molecule has 2 heterocycles. The highest BCUT2D eigenvalue weighted by Crippen LogP contribution is 2.21. The van der Waals surface area contributed by atoms with Crippen molar-refractivity contribution in [3.63, 3.8) is 0 Å². The van der Waals surface area contributed by atoms with E-state index in [-0.39, 0.29) is 0 Å². The molecule has 0 aliphatic carbocycles. The Kier molecular flexibility index (Phi) is 1.90. The third kappa shape index (κ3) is 1.43. The molecule has 1 N–H and O–H groups in total. The Balaban J connectivity index is 2.04.